The lowest BCUT2D eigenvalue weighted by Crippen LogP contribution is -2.22. The molecule has 0 saturated heterocycles. The number of aromatic nitrogens is 2. The Hall–Kier alpha value is -1.36. The number of rotatable bonds is 2. The summed E-state index contributed by atoms with van der Waals surface area (Å²) in [6.45, 7) is 6.02. The molecule has 0 atom stereocenters. The molecule has 0 spiro atoms. The minimum atomic E-state index is 0.00759. The van der Waals surface area contributed by atoms with Crippen molar-refractivity contribution >= 4 is 15.9 Å². The Balaban J connectivity index is 2.47. The highest BCUT2D eigenvalue weighted by atomic mass is 79.9. The minimum absolute atomic E-state index is 0.00759. The summed E-state index contributed by atoms with van der Waals surface area (Å²) in [5, 5.41) is 3.88. The second-order valence-electron chi connectivity index (χ2n) is 4.08. The van der Waals surface area contributed by atoms with Gasteiger partial charge in [0.05, 0.1) is 12.2 Å². The largest absolute Gasteiger partial charge is 0.361 e. The van der Waals surface area contributed by atoms with E-state index in [1.165, 1.54) is 0 Å². The lowest BCUT2D eigenvalue weighted by atomic mass is 10.2. The highest BCUT2D eigenvalue weighted by molar-refractivity contribution is 9.10. The molecule has 90 valence electrons. The van der Waals surface area contributed by atoms with Gasteiger partial charge in [-0.1, -0.05) is 5.16 Å². The molecule has 5 heteroatoms. The third kappa shape index (κ3) is 2.34. The summed E-state index contributed by atoms with van der Waals surface area (Å²) in [4.78, 5) is 12.0. The first-order valence-electron chi connectivity index (χ1n) is 5.27. The van der Waals surface area contributed by atoms with Crippen LogP contribution in [0.4, 0.5) is 0 Å². The molecular weight excluding hydrogens is 284 g/mol. The highest BCUT2D eigenvalue weighted by Gasteiger charge is 2.11. The first kappa shape index (κ1) is 12.1. The van der Waals surface area contributed by atoms with Gasteiger partial charge in [-0.2, -0.15) is 0 Å². The van der Waals surface area contributed by atoms with Crippen molar-refractivity contribution in [2.75, 3.05) is 0 Å². The normalized spacial score (nSPS) is 10.8. The number of halogens is 1. The molecular formula is C12H13BrN2O2. The van der Waals surface area contributed by atoms with E-state index < -0.39 is 0 Å². The van der Waals surface area contributed by atoms with Gasteiger partial charge in [0, 0.05) is 21.8 Å². The third-order valence-corrected chi connectivity index (χ3v) is 3.18. The summed E-state index contributed by atoms with van der Waals surface area (Å²) in [5.74, 6) is 0.757. The molecule has 17 heavy (non-hydrogen) atoms. The minimum Gasteiger partial charge on any atom is -0.361 e. The van der Waals surface area contributed by atoms with Crippen molar-refractivity contribution < 1.29 is 4.52 Å². The Labute approximate surface area is 107 Å². The van der Waals surface area contributed by atoms with Crippen LogP contribution in [0.25, 0.3) is 0 Å². The molecule has 0 aliphatic carbocycles. The summed E-state index contributed by atoms with van der Waals surface area (Å²) >= 11 is 3.39. The summed E-state index contributed by atoms with van der Waals surface area (Å²) in [5.41, 5.74) is 2.51. The fraction of sp³-hybridized carbons (Fsp3) is 0.333. The highest BCUT2D eigenvalue weighted by Crippen LogP contribution is 2.15. The van der Waals surface area contributed by atoms with E-state index in [0.717, 1.165) is 21.5 Å². The van der Waals surface area contributed by atoms with Crippen molar-refractivity contribution in [1.29, 1.82) is 0 Å². The lowest BCUT2D eigenvalue weighted by Gasteiger charge is -2.07. The fourth-order valence-corrected chi connectivity index (χ4v) is 2.35. The zero-order chi connectivity index (χ0) is 12.6. The monoisotopic (exact) mass is 296 g/mol. The van der Waals surface area contributed by atoms with Gasteiger partial charge in [0.25, 0.3) is 5.56 Å². The van der Waals surface area contributed by atoms with Crippen molar-refractivity contribution in [3.05, 3.63) is 49.7 Å². The predicted molar refractivity (Wildman–Crippen MR) is 68.2 cm³/mol. The van der Waals surface area contributed by atoms with E-state index in [4.69, 9.17) is 4.52 Å². The zero-order valence-corrected chi connectivity index (χ0v) is 11.5. The van der Waals surface area contributed by atoms with Crippen LogP contribution in [-0.4, -0.2) is 9.72 Å². The molecule has 0 amide bonds. The van der Waals surface area contributed by atoms with Gasteiger partial charge in [-0.15, -0.1) is 0 Å². The Kier molecular flexibility index (Phi) is 3.19. The molecule has 0 saturated carbocycles. The van der Waals surface area contributed by atoms with Crippen LogP contribution in [0.1, 0.15) is 22.6 Å². The molecule has 2 aromatic rings. The lowest BCUT2D eigenvalue weighted by molar-refractivity contribution is 0.392. The van der Waals surface area contributed by atoms with Crippen LogP contribution >= 0.6 is 15.9 Å². The molecule has 0 fully saturated rings. The van der Waals surface area contributed by atoms with Crippen LogP contribution in [0.3, 0.4) is 0 Å². The van der Waals surface area contributed by atoms with Crippen LogP contribution in [0.2, 0.25) is 0 Å². The molecule has 2 heterocycles. The summed E-state index contributed by atoms with van der Waals surface area (Å²) in [7, 11) is 0. The van der Waals surface area contributed by atoms with E-state index in [2.05, 4.69) is 21.1 Å². The van der Waals surface area contributed by atoms with Crippen LogP contribution in [0.15, 0.2) is 26.1 Å². The van der Waals surface area contributed by atoms with Crippen molar-refractivity contribution in [3.8, 4) is 0 Å². The number of pyridine rings is 1. The third-order valence-electron chi connectivity index (χ3n) is 2.74. The van der Waals surface area contributed by atoms with Gasteiger partial charge >= 0.3 is 0 Å². The fourth-order valence-electron chi connectivity index (χ4n) is 1.76. The van der Waals surface area contributed by atoms with Crippen LogP contribution in [0.5, 0.6) is 0 Å². The van der Waals surface area contributed by atoms with E-state index in [0.29, 0.717) is 12.1 Å². The molecule has 0 radical (unpaired) electrons. The van der Waals surface area contributed by atoms with E-state index >= 15 is 0 Å². The molecule has 0 N–H and O–H groups in total. The summed E-state index contributed by atoms with van der Waals surface area (Å²) in [6.07, 6.45) is 1.78. The second kappa shape index (κ2) is 4.49. The summed E-state index contributed by atoms with van der Waals surface area (Å²) < 4.78 is 7.64. The quantitative estimate of drug-likeness (QED) is 0.856. The number of nitrogens with zero attached hydrogens (tertiary/aromatic N) is 2. The molecule has 2 aromatic heterocycles. The molecule has 4 nitrogen and oxygen atoms in total. The van der Waals surface area contributed by atoms with Crippen molar-refractivity contribution in [1.82, 2.24) is 9.72 Å². The zero-order valence-electron chi connectivity index (χ0n) is 9.95. The van der Waals surface area contributed by atoms with E-state index in [1.807, 2.05) is 19.9 Å². The van der Waals surface area contributed by atoms with Gasteiger partial charge in [-0.05, 0) is 42.8 Å². The number of aryl methyl sites for hydroxylation is 3. The van der Waals surface area contributed by atoms with Crippen molar-refractivity contribution in [2.45, 2.75) is 27.3 Å². The van der Waals surface area contributed by atoms with Gasteiger partial charge in [-0.25, -0.2) is 0 Å². The van der Waals surface area contributed by atoms with Crippen molar-refractivity contribution in [2.24, 2.45) is 0 Å². The molecule has 0 aliphatic rings. The van der Waals surface area contributed by atoms with Crippen LogP contribution in [0, 0.1) is 20.8 Å². The maximum absolute atomic E-state index is 12.0. The number of hydrogen-bond donors (Lipinski definition) is 0. The van der Waals surface area contributed by atoms with Gasteiger partial charge in [0.15, 0.2) is 0 Å². The Morgan fingerprint density at radius 2 is 2.12 bits per heavy atom. The van der Waals surface area contributed by atoms with Gasteiger partial charge < -0.3 is 9.09 Å². The maximum atomic E-state index is 12.0. The molecule has 0 unspecified atom stereocenters. The van der Waals surface area contributed by atoms with E-state index in [9.17, 15) is 4.79 Å². The SMILES string of the molecule is Cc1noc(C)c1Cn1cc(Br)cc(C)c1=O. The Bertz CT molecular complexity index is 594. The Morgan fingerprint density at radius 1 is 1.41 bits per heavy atom. The maximum Gasteiger partial charge on any atom is 0.253 e. The topological polar surface area (TPSA) is 48.0 Å². The van der Waals surface area contributed by atoms with Crippen LogP contribution < -0.4 is 5.56 Å². The average molecular weight is 297 g/mol. The van der Waals surface area contributed by atoms with E-state index in [1.54, 1.807) is 17.7 Å². The predicted octanol–water partition coefficient (Wildman–Crippen LogP) is 2.57. The first-order chi connectivity index (χ1) is 7.99. The van der Waals surface area contributed by atoms with E-state index in [-0.39, 0.29) is 5.56 Å². The van der Waals surface area contributed by atoms with Gasteiger partial charge in [-0.3, -0.25) is 4.79 Å². The number of hydrogen-bond acceptors (Lipinski definition) is 3. The second-order valence-corrected chi connectivity index (χ2v) is 4.99. The molecule has 2 rings (SSSR count). The van der Waals surface area contributed by atoms with Gasteiger partial charge in [0.2, 0.25) is 0 Å². The smallest absolute Gasteiger partial charge is 0.253 e. The summed E-state index contributed by atoms with van der Waals surface area (Å²) in [6, 6.07) is 1.81. The van der Waals surface area contributed by atoms with Crippen LogP contribution in [-0.2, 0) is 6.54 Å². The molecule has 0 aromatic carbocycles. The van der Waals surface area contributed by atoms with Crippen molar-refractivity contribution in [3.63, 3.8) is 0 Å². The average Bonchev–Trinajstić information content (AvgIpc) is 2.56. The Morgan fingerprint density at radius 3 is 2.71 bits per heavy atom. The van der Waals surface area contributed by atoms with Gasteiger partial charge in [0.1, 0.15) is 5.76 Å². The molecule has 0 aliphatic heterocycles. The first-order valence-corrected chi connectivity index (χ1v) is 6.06. The standard InChI is InChI=1S/C12H13BrN2O2/c1-7-4-10(13)5-15(12(7)16)6-11-8(2)14-17-9(11)3/h4-5H,6H2,1-3H3. The molecule has 0 bridgehead atoms.